The molecule has 2 aliphatic rings. The predicted molar refractivity (Wildman–Crippen MR) is 128 cm³/mol. The Bertz CT molecular complexity index is 1150. The number of hydrogen-bond acceptors (Lipinski definition) is 4. The molecule has 0 bridgehead atoms. The lowest BCUT2D eigenvalue weighted by Crippen LogP contribution is -2.27. The first-order chi connectivity index (χ1) is 15.9. The van der Waals surface area contributed by atoms with Crippen LogP contribution in [0, 0.1) is 11.3 Å². The number of fused-ring (bicyclic) bond motifs is 1. The normalized spacial score (nSPS) is 19.1. The zero-order chi connectivity index (χ0) is 23.0. The van der Waals surface area contributed by atoms with Crippen LogP contribution in [0.1, 0.15) is 66.5 Å². The van der Waals surface area contributed by atoms with Crippen LogP contribution in [-0.4, -0.2) is 39.1 Å². The molecule has 1 atom stereocenters. The summed E-state index contributed by atoms with van der Waals surface area (Å²) in [6, 6.07) is 7.96. The van der Waals surface area contributed by atoms with E-state index in [9.17, 15) is 4.79 Å². The average Bonchev–Trinajstić information content (AvgIpc) is 3.41. The summed E-state index contributed by atoms with van der Waals surface area (Å²) < 4.78 is 7.52. The molecule has 1 aliphatic carbocycles. The van der Waals surface area contributed by atoms with Crippen LogP contribution in [0.2, 0.25) is 5.02 Å². The molecule has 0 radical (unpaired) electrons. The van der Waals surface area contributed by atoms with Crippen molar-refractivity contribution in [3.8, 4) is 0 Å². The molecule has 3 aromatic rings. The largest absolute Gasteiger partial charge is 0.381 e. The summed E-state index contributed by atoms with van der Waals surface area (Å²) in [5, 5.41) is 15.8. The second-order valence-corrected chi connectivity index (χ2v) is 10.4. The lowest BCUT2D eigenvalue weighted by Gasteiger charge is -2.31. The number of nitrogens with zero attached hydrogens (tertiary/aromatic N) is 3. The Morgan fingerprint density at radius 2 is 2.15 bits per heavy atom. The van der Waals surface area contributed by atoms with Gasteiger partial charge in [-0.25, -0.2) is 0 Å². The Balaban J connectivity index is 1.37. The number of halogens is 1. The van der Waals surface area contributed by atoms with Gasteiger partial charge in [-0.15, -0.1) is 0 Å². The van der Waals surface area contributed by atoms with Crippen molar-refractivity contribution in [3.05, 3.63) is 64.2 Å². The number of ether oxygens (including phenoxy) is 1. The van der Waals surface area contributed by atoms with Gasteiger partial charge in [-0.05, 0) is 61.1 Å². The van der Waals surface area contributed by atoms with Crippen molar-refractivity contribution >= 4 is 23.2 Å². The van der Waals surface area contributed by atoms with Crippen molar-refractivity contribution in [1.29, 1.82) is 0 Å². The van der Waals surface area contributed by atoms with Gasteiger partial charge in [0.1, 0.15) is 0 Å². The second-order valence-electron chi connectivity index (χ2n) is 9.98. The number of rotatable bonds is 5. The quantitative estimate of drug-likeness (QED) is 0.550. The maximum Gasteiger partial charge on any atom is 0.276 e. The van der Waals surface area contributed by atoms with Gasteiger partial charge >= 0.3 is 0 Å². The summed E-state index contributed by atoms with van der Waals surface area (Å²) >= 11 is 6.30. The standard InChI is InChI=1S/C25H30ClN5O2/c1-25(2)9-6-20-21(13-25)29-30-22(20)24(32)28-19-14-27-31(15-19)23(16-7-10-33-11-8-16)17-4-3-5-18(26)12-17/h3-5,12,14-16,23H,6-11,13H2,1-2H3,(H,28,32)(H,29,30). The molecule has 1 aromatic carbocycles. The minimum absolute atomic E-state index is 0.0265. The maximum atomic E-state index is 13.0. The van der Waals surface area contributed by atoms with E-state index in [0.717, 1.165) is 62.1 Å². The molecular formula is C25H30ClN5O2. The van der Waals surface area contributed by atoms with Crippen molar-refractivity contribution in [1.82, 2.24) is 20.0 Å². The zero-order valence-corrected chi connectivity index (χ0v) is 19.9. The van der Waals surface area contributed by atoms with Crippen LogP contribution in [0.3, 0.4) is 0 Å². The number of carbonyl (C=O) groups excluding carboxylic acids is 1. The summed E-state index contributed by atoms with van der Waals surface area (Å²) in [5.41, 5.74) is 4.61. The fraction of sp³-hybridized carbons (Fsp3) is 0.480. The number of aromatic nitrogens is 4. The Morgan fingerprint density at radius 3 is 2.94 bits per heavy atom. The van der Waals surface area contributed by atoms with Crippen LogP contribution in [0.25, 0.3) is 0 Å². The summed E-state index contributed by atoms with van der Waals surface area (Å²) in [5.74, 6) is 0.180. The van der Waals surface area contributed by atoms with Crippen LogP contribution >= 0.6 is 11.6 Å². The van der Waals surface area contributed by atoms with E-state index in [4.69, 9.17) is 16.3 Å². The lowest BCUT2D eigenvalue weighted by molar-refractivity contribution is 0.0527. The first-order valence-corrected chi connectivity index (χ1v) is 12.0. The third kappa shape index (κ3) is 4.70. The number of amides is 1. The van der Waals surface area contributed by atoms with E-state index in [1.807, 2.05) is 29.1 Å². The number of nitrogens with one attached hydrogen (secondary N) is 2. The molecule has 3 heterocycles. The molecule has 2 N–H and O–H groups in total. The molecular weight excluding hydrogens is 438 g/mol. The molecule has 1 fully saturated rings. The topological polar surface area (TPSA) is 84.8 Å². The maximum absolute atomic E-state index is 13.0. The number of carbonyl (C=O) groups is 1. The zero-order valence-electron chi connectivity index (χ0n) is 19.1. The summed E-state index contributed by atoms with van der Waals surface area (Å²) in [6.07, 6.45) is 8.33. The highest BCUT2D eigenvalue weighted by Gasteiger charge is 2.31. The molecule has 1 unspecified atom stereocenters. The van der Waals surface area contributed by atoms with E-state index in [2.05, 4.69) is 40.5 Å². The molecule has 1 amide bonds. The molecule has 8 heteroatoms. The fourth-order valence-corrected chi connectivity index (χ4v) is 5.34. The van der Waals surface area contributed by atoms with Crippen LogP contribution in [-0.2, 0) is 17.6 Å². The summed E-state index contributed by atoms with van der Waals surface area (Å²) in [7, 11) is 0. The smallest absolute Gasteiger partial charge is 0.276 e. The van der Waals surface area contributed by atoms with E-state index >= 15 is 0 Å². The van der Waals surface area contributed by atoms with Gasteiger partial charge in [0.25, 0.3) is 5.91 Å². The minimum Gasteiger partial charge on any atom is -0.381 e. The molecule has 2 aromatic heterocycles. The van der Waals surface area contributed by atoms with Gasteiger partial charge < -0.3 is 10.1 Å². The Labute approximate surface area is 198 Å². The van der Waals surface area contributed by atoms with Crippen LogP contribution in [0.4, 0.5) is 5.69 Å². The molecule has 5 rings (SSSR count). The second kappa shape index (κ2) is 8.95. The minimum atomic E-state index is -0.197. The Hall–Kier alpha value is -2.64. The van der Waals surface area contributed by atoms with Crippen molar-refractivity contribution in [2.24, 2.45) is 11.3 Å². The van der Waals surface area contributed by atoms with Crippen LogP contribution in [0.15, 0.2) is 36.7 Å². The van der Waals surface area contributed by atoms with Gasteiger partial charge in [-0.1, -0.05) is 37.6 Å². The SMILES string of the molecule is CC1(C)CCc2c(C(=O)Nc3cnn(C(c4cccc(Cl)c4)C4CCOCC4)c3)n[nH]c2C1. The third-order valence-electron chi connectivity index (χ3n) is 6.92. The summed E-state index contributed by atoms with van der Waals surface area (Å²) in [6.45, 7) is 5.99. The first kappa shape index (κ1) is 22.2. The Morgan fingerprint density at radius 1 is 1.33 bits per heavy atom. The Kier molecular flexibility index (Phi) is 6.01. The van der Waals surface area contributed by atoms with Crippen LogP contribution < -0.4 is 5.32 Å². The van der Waals surface area contributed by atoms with Gasteiger partial charge in [0, 0.05) is 35.7 Å². The van der Waals surface area contributed by atoms with E-state index < -0.39 is 0 Å². The number of hydrogen-bond donors (Lipinski definition) is 2. The van der Waals surface area contributed by atoms with Gasteiger partial charge in [0.05, 0.1) is 17.9 Å². The van der Waals surface area contributed by atoms with Crippen molar-refractivity contribution < 1.29 is 9.53 Å². The van der Waals surface area contributed by atoms with E-state index in [0.29, 0.717) is 22.3 Å². The molecule has 1 saturated heterocycles. The number of benzene rings is 1. The fourth-order valence-electron chi connectivity index (χ4n) is 5.14. The van der Waals surface area contributed by atoms with E-state index in [-0.39, 0.29) is 17.4 Å². The number of H-pyrrole nitrogens is 1. The monoisotopic (exact) mass is 467 g/mol. The summed E-state index contributed by atoms with van der Waals surface area (Å²) in [4.78, 5) is 13.0. The first-order valence-electron chi connectivity index (χ1n) is 11.6. The van der Waals surface area contributed by atoms with Crippen molar-refractivity contribution in [2.75, 3.05) is 18.5 Å². The van der Waals surface area contributed by atoms with Crippen molar-refractivity contribution in [3.63, 3.8) is 0 Å². The number of aromatic amines is 1. The third-order valence-corrected chi connectivity index (χ3v) is 7.16. The number of anilines is 1. The van der Waals surface area contributed by atoms with E-state index in [1.54, 1.807) is 6.20 Å². The molecule has 174 valence electrons. The van der Waals surface area contributed by atoms with E-state index in [1.165, 1.54) is 0 Å². The highest BCUT2D eigenvalue weighted by Crippen LogP contribution is 2.36. The molecule has 33 heavy (non-hydrogen) atoms. The highest BCUT2D eigenvalue weighted by atomic mass is 35.5. The lowest BCUT2D eigenvalue weighted by atomic mass is 9.76. The van der Waals surface area contributed by atoms with Crippen molar-refractivity contribution in [2.45, 2.75) is 52.0 Å². The van der Waals surface area contributed by atoms with Gasteiger partial charge in [0.2, 0.25) is 0 Å². The molecule has 7 nitrogen and oxygen atoms in total. The van der Waals surface area contributed by atoms with Gasteiger partial charge in [-0.3, -0.25) is 14.6 Å². The molecule has 0 saturated carbocycles. The highest BCUT2D eigenvalue weighted by molar-refractivity contribution is 6.30. The van der Waals surface area contributed by atoms with Gasteiger partial charge in [0.15, 0.2) is 5.69 Å². The average molecular weight is 468 g/mol. The molecule has 1 aliphatic heterocycles. The molecule has 0 spiro atoms. The van der Waals surface area contributed by atoms with Crippen LogP contribution in [0.5, 0.6) is 0 Å². The predicted octanol–water partition coefficient (Wildman–Crippen LogP) is 5.04. The van der Waals surface area contributed by atoms with Gasteiger partial charge in [-0.2, -0.15) is 10.2 Å².